The largest absolute Gasteiger partial charge is 0.467 e. The van der Waals surface area contributed by atoms with Crippen LogP contribution in [-0.2, 0) is 20.9 Å². The van der Waals surface area contributed by atoms with Gasteiger partial charge in [-0.15, -0.1) is 0 Å². The number of aliphatic hydroxyl groups is 1. The molecule has 1 amide bonds. The Balaban J connectivity index is 2.13. The third kappa shape index (κ3) is 2.50. The van der Waals surface area contributed by atoms with Crippen LogP contribution in [0.15, 0.2) is 23.0 Å². The molecule has 134 valence electrons. The first-order valence-electron chi connectivity index (χ1n) is 8.30. The summed E-state index contributed by atoms with van der Waals surface area (Å²) in [5, 5.41) is 9.87. The van der Waals surface area contributed by atoms with Crippen LogP contribution in [0.5, 0.6) is 0 Å². The molecule has 1 fully saturated rings. The van der Waals surface area contributed by atoms with Gasteiger partial charge in [-0.3, -0.25) is 9.59 Å². The molecular weight excluding hydrogens is 324 g/mol. The number of carbonyl (C=O) groups excluding carboxylic acids is 2. The van der Waals surface area contributed by atoms with E-state index in [1.807, 2.05) is 13.0 Å². The number of hydrogen-bond donors (Lipinski definition) is 1. The molecule has 0 aliphatic carbocycles. The second-order valence-corrected chi connectivity index (χ2v) is 6.48. The van der Waals surface area contributed by atoms with Crippen LogP contribution >= 0.6 is 0 Å². The molecule has 1 saturated heterocycles. The van der Waals surface area contributed by atoms with Gasteiger partial charge in [-0.25, -0.2) is 4.79 Å². The number of aliphatic hydroxyl groups excluding tert-OH is 1. The van der Waals surface area contributed by atoms with Gasteiger partial charge in [0.25, 0.3) is 5.56 Å². The number of amides is 1. The molecule has 0 bridgehead atoms. The lowest BCUT2D eigenvalue weighted by molar-refractivity contribution is -0.153. The molecule has 1 aromatic heterocycles. The van der Waals surface area contributed by atoms with Crippen molar-refractivity contribution in [3.05, 3.63) is 39.8 Å². The lowest BCUT2D eigenvalue weighted by Gasteiger charge is -2.28. The minimum atomic E-state index is -0.832. The van der Waals surface area contributed by atoms with Crippen molar-refractivity contribution in [2.24, 2.45) is 11.8 Å². The van der Waals surface area contributed by atoms with Crippen molar-refractivity contribution >= 4 is 18.0 Å². The van der Waals surface area contributed by atoms with Gasteiger partial charge in [0.2, 0.25) is 5.91 Å². The first kappa shape index (κ1) is 17.4. The van der Waals surface area contributed by atoms with E-state index >= 15 is 0 Å². The smallest absolute Gasteiger partial charge is 0.328 e. The fourth-order valence-electron chi connectivity index (χ4n) is 4.26. The third-order valence-corrected chi connectivity index (χ3v) is 5.26. The van der Waals surface area contributed by atoms with Gasteiger partial charge in [-0.05, 0) is 19.1 Å². The summed E-state index contributed by atoms with van der Waals surface area (Å²) in [5.41, 5.74) is 1.15. The van der Waals surface area contributed by atoms with Gasteiger partial charge in [0.05, 0.1) is 13.2 Å². The highest BCUT2D eigenvalue weighted by molar-refractivity contribution is 5.85. The van der Waals surface area contributed by atoms with Crippen molar-refractivity contribution in [1.29, 1.82) is 0 Å². The second-order valence-electron chi connectivity index (χ2n) is 6.48. The Kier molecular flexibility index (Phi) is 4.51. The lowest BCUT2D eigenvalue weighted by Crippen LogP contribution is -2.45. The van der Waals surface area contributed by atoms with Gasteiger partial charge in [-0.2, -0.15) is 0 Å². The topological polar surface area (TPSA) is 88.8 Å². The maximum atomic E-state index is 12.7. The van der Waals surface area contributed by atoms with Crippen molar-refractivity contribution in [3.63, 3.8) is 0 Å². The molecule has 7 heteroatoms. The van der Waals surface area contributed by atoms with Crippen molar-refractivity contribution in [2.75, 3.05) is 13.7 Å². The summed E-state index contributed by atoms with van der Waals surface area (Å²) >= 11 is 0. The Labute approximate surface area is 145 Å². The SMILES string of the molecule is C/C=C/c1ccc2n(c1=O)C[C@@H]1[C@@H](CO)[C@H](C(=O)OC)N(C(C)=O)[C@H]21. The fourth-order valence-corrected chi connectivity index (χ4v) is 4.26. The van der Waals surface area contributed by atoms with Crippen LogP contribution in [0.25, 0.3) is 6.08 Å². The Hall–Kier alpha value is -2.41. The number of pyridine rings is 1. The number of methoxy groups -OCH3 is 1. The summed E-state index contributed by atoms with van der Waals surface area (Å²) in [6.45, 7) is 3.34. The van der Waals surface area contributed by atoms with Crippen LogP contribution < -0.4 is 5.56 Å². The normalized spacial score (nSPS) is 27.4. The van der Waals surface area contributed by atoms with Crippen LogP contribution in [0, 0.1) is 11.8 Å². The predicted octanol–water partition coefficient (Wildman–Crippen LogP) is 0.565. The van der Waals surface area contributed by atoms with Gasteiger partial charge in [0.15, 0.2) is 0 Å². The van der Waals surface area contributed by atoms with E-state index in [4.69, 9.17) is 4.74 Å². The lowest BCUT2D eigenvalue weighted by atomic mass is 9.88. The number of aromatic nitrogens is 1. The number of fused-ring (bicyclic) bond motifs is 3. The Morgan fingerprint density at radius 1 is 1.40 bits per heavy atom. The molecule has 1 N–H and O–H groups in total. The summed E-state index contributed by atoms with van der Waals surface area (Å²) in [5.74, 6) is -1.49. The molecule has 3 heterocycles. The average Bonchev–Trinajstić information content (AvgIpc) is 3.11. The summed E-state index contributed by atoms with van der Waals surface area (Å²) < 4.78 is 6.50. The fraction of sp³-hybridized carbons (Fsp3) is 0.500. The van der Waals surface area contributed by atoms with Gasteiger partial charge in [0, 0.05) is 43.2 Å². The van der Waals surface area contributed by atoms with E-state index in [0.29, 0.717) is 17.8 Å². The van der Waals surface area contributed by atoms with E-state index in [1.54, 1.807) is 22.8 Å². The van der Waals surface area contributed by atoms with Gasteiger partial charge < -0.3 is 19.3 Å². The Bertz CT molecular complexity index is 797. The molecule has 3 rings (SSSR count). The molecule has 7 nitrogen and oxygen atoms in total. The molecular formula is C18H22N2O5. The molecule has 25 heavy (non-hydrogen) atoms. The van der Waals surface area contributed by atoms with E-state index in [0.717, 1.165) is 0 Å². The molecule has 1 aromatic rings. The highest BCUT2D eigenvalue weighted by Crippen LogP contribution is 2.49. The van der Waals surface area contributed by atoms with Crippen LogP contribution in [-0.4, -0.2) is 46.2 Å². The summed E-state index contributed by atoms with van der Waals surface area (Å²) in [4.78, 5) is 38.7. The number of ether oxygens (including phenoxy) is 1. The number of esters is 1. The zero-order valence-electron chi connectivity index (χ0n) is 14.5. The van der Waals surface area contributed by atoms with Gasteiger partial charge >= 0.3 is 5.97 Å². The van der Waals surface area contributed by atoms with Gasteiger partial charge in [-0.1, -0.05) is 12.2 Å². The summed E-state index contributed by atoms with van der Waals surface area (Å²) in [6.07, 6.45) is 3.54. The highest BCUT2D eigenvalue weighted by Gasteiger charge is 2.57. The number of likely N-dealkylation sites (tertiary alicyclic amines) is 1. The predicted molar refractivity (Wildman–Crippen MR) is 90.5 cm³/mol. The first-order chi connectivity index (χ1) is 12.0. The number of hydrogen-bond acceptors (Lipinski definition) is 5. The minimum Gasteiger partial charge on any atom is -0.467 e. The molecule has 0 unspecified atom stereocenters. The Morgan fingerprint density at radius 3 is 2.68 bits per heavy atom. The van der Waals surface area contributed by atoms with E-state index in [1.165, 1.54) is 18.9 Å². The highest BCUT2D eigenvalue weighted by atomic mass is 16.5. The maximum Gasteiger partial charge on any atom is 0.328 e. The van der Waals surface area contributed by atoms with Crippen LogP contribution in [0.4, 0.5) is 0 Å². The van der Waals surface area contributed by atoms with E-state index in [2.05, 4.69) is 0 Å². The molecule has 0 saturated carbocycles. The zero-order valence-corrected chi connectivity index (χ0v) is 14.5. The Morgan fingerprint density at radius 2 is 2.12 bits per heavy atom. The molecule has 2 aliphatic heterocycles. The van der Waals surface area contributed by atoms with Crippen LogP contribution in [0.3, 0.4) is 0 Å². The quantitative estimate of drug-likeness (QED) is 0.808. The van der Waals surface area contributed by atoms with Gasteiger partial charge in [0.1, 0.15) is 6.04 Å². The van der Waals surface area contributed by atoms with Crippen molar-refractivity contribution in [2.45, 2.75) is 32.5 Å². The van der Waals surface area contributed by atoms with E-state index in [9.17, 15) is 19.5 Å². The number of nitrogens with zero attached hydrogens (tertiary/aromatic N) is 2. The molecule has 0 spiro atoms. The maximum absolute atomic E-state index is 12.7. The van der Waals surface area contributed by atoms with Crippen molar-refractivity contribution in [3.8, 4) is 0 Å². The van der Waals surface area contributed by atoms with Crippen LogP contribution in [0.2, 0.25) is 0 Å². The number of carbonyl (C=O) groups is 2. The number of allylic oxidation sites excluding steroid dienone is 1. The van der Waals surface area contributed by atoms with Crippen LogP contribution in [0.1, 0.15) is 31.1 Å². The minimum absolute atomic E-state index is 0.125. The number of rotatable bonds is 3. The monoisotopic (exact) mass is 346 g/mol. The standard InChI is InChI=1S/C18H22N2O5/c1-4-5-11-6-7-14-15-12(8-19(14)17(11)23)13(9-21)16(18(24)25-3)20(15)10(2)22/h4-7,12-13,15-16,21H,8-9H2,1-3H3/b5-4+/t12-,13-,15+,16-/m1/s1. The molecule has 0 aromatic carbocycles. The molecule has 0 radical (unpaired) electrons. The van der Waals surface area contributed by atoms with Crippen molar-refractivity contribution in [1.82, 2.24) is 9.47 Å². The zero-order chi connectivity index (χ0) is 18.3. The van der Waals surface area contributed by atoms with Crippen molar-refractivity contribution < 1.29 is 19.4 Å². The third-order valence-electron chi connectivity index (χ3n) is 5.26. The summed E-state index contributed by atoms with van der Waals surface area (Å²) in [7, 11) is 1.27. The van der Waals surface area contributed by atoms with E-state index < -0.39 is 24.0 Å². The second kappa shape index (κ2) is 6.48. The summed E-state index contributed by atoms with van der Waals surface area (Å²) in [6, 6.07) is 2.31. The van der Waals surface area contributed by atoms with E-state index in [-0.39, 0.29) is 24.0 Å². The average molecular weight is 346 g/mol. The molecule has 4 atom stereocenters. The molecule has 2 aliphatic rings. The first-order valence-corrected chi connectivity index (χ1v) is 8.30.